The molecule has 0 spiro atoms. The van der Waals surface area contributed by atoms with Crippen LogP contribution in [0.3, 0.4) is 0 Å². The first-order valence-electron chi connectivity index (χ1n) is 13.0. The molecule has 0 bridgehead atoms. The number of carbonyl (C=O) groups is 1. The number of amides is 1. The Kier molecular flexibility index (Phi) is 9.89. The minimum absolute atomic E-state index is 0.104. The van der Waals surface area contributed by atoms with Crippen LogP contribution < -0.4 is 5.32 Å². The maximum Gasteiger partial charge on any atom is 0.407 e. The molecule has 2 unspecified atom stereocenters. The van der Waals surface area contributed by atoms with Crippen molar-refractivity contribution >= 4 is 23.2 Å². The average molecular weight is 507 g/mol. The number of aromatic nitrogens is 1. The Labute approximate surface area is 219 Å². The van der Waals surface area contributed by atoms with Crippen molar-refractivity contribution in [3.05, 3.63) is 77.4 Å². The molecule has 0 radical (unpaired) electrons. The van der Waals surface area contributed by atoms with Gasteiger partial charge in [-0.15, -0.1) is 0 Å². The van der Waals surface area contributed by atoms with Gasteiger partial charge in [-0.2, -0.15) is 0 Å². The van der Waals surface area contributed by atoms with Crippen LogP contribution in [-0.4, -0.2) is 41.2 Å². The standard InChI is InChI=1S/C30H39N3O4/c1-21(14-17-33-29(35)37-30(2,3)4)8-7-19-36-28-12-11-22(20-25(28)27(34)13-16-31)23-15-18-32-26-10-6-5-9-24(23)26/h5-6,9-10,12-13,15-16,18,20-22,31,34H,7-8,11,14,17,19H2,1-4H3,(H,33,35)/p+1/b27-13-,31-16?. The molecule has 7 heteroatoms. The first-order valence-corrected chi connectivity index (χ1v) is 13.0. The molecule has 4 N–H and O–H groups in total. The normalized spacial score (nSPS) is 17.0. The highest BCUT2D eigenvalue weighted by atomic mass is 16.6. The van der Waals surface area contributed by atoms with Crippen molar-refractivity contribution in [3.8, 4) is 0 Å². The van der Waals surface area contributed by atoms with Crippen molar-refractivity contribution in [3.63, 3.8) is 0 Å². The van der Waals surface area contributed by atoms with E-state index in [0.29, 0.717) is 24.8 Å². The molecule has 37 heavy (non-hydrogen) atoms. The number of pyridine rings is 1. The van der Waals surface area contributed by atoms with E-state index in [4.69, 9.17) is 20.0 Å². The van der Waals surface area contributed by atoms with E-state index < -0.39 is 5.60 Å². The van der Waals surface area contributed by atoms with Crippen molar-refractivity contribution < 1.29 is 19.4 Å². The largest absolute Gasteiger partial charge is 0.593 e. The van der Waals surface area contributed by atoms with Crippen LogP contribution in [-0.2, 0) is 9.47 Å². The van der Waals surface area contributed by atoms with Gasteiger partial charge in [0.15, 0.2) is 0 Å². The molecule has 1 heterocycles. The second-order valence-corrected chi connectivity index (χ2v) is 10.5. The van der Waals surface area contributed by atoms with Crippen molar-refractivity contribution in [2.45, 2.75) is 64.9 Å². The molecule has 0 saturated heterocycles. The summed E-state index contributed by atoms with van der Waals surface area (Å²) in [7, 11) is 0. The summed E-state index contributed by atoms with van der Waals surface area (Å²) in [5.41, 5.74) is 2.36. The molecular formula is C30H40N3O4+. The fourth-order valence-corrected chi connectivity index (χ4v) is 4.38. The molecule has 1 aromatic heterocycles. The summed E-state index contributed by atoms with van der Waals surface area (Å²) in [6.07, 6.45) is 11.7. The van der Waals surface area contributed by atoms with Gasteiger partial charge in [-0.1, -0.05) is 31.2 Å². The first kappa shape index (κ1) is 28.0. The van der Waals surface area contributed by atoms with E-state index in [1.165, 1.54) is 11.6 Å². The van der Waals surface area contributed by atoms with Crippen LogP contribution >= 0.6 is 0 Å². The molecular weight excluding hydrogens is 466 g/mol. The number of hydrogen-bond donors (Lipinski definition) is 2. The third-order valence-corrected chi connectivity index (χ3v) is 6.22. The fraction of sp³-hybridized carbons (Fsp3) is 0.433. The number of allylic oxidation sites excluding steroid dienone is 3. The van der Waals surface area contributed by atoms with E-state index >= 15 is 0 Å². The molecule has 0 fully saturated rings. The van der Waals surface area contributed by atoms with Gasteiger partial charge in [0.2, 0.25) is 0 Å². The van der Waals surface area contributed by atoms with Crippen LogP contribution in [0.4, 0.5) is 4.79 Å². The third kappa shape index (κ3) is 8.48. The second kappa shape index (κ2) is 13.1. The Balaban J connectivity index is 1.55. The summed E-state index contributed by atoms with van der Waals surface area (Å²) in [4.78, 5) is 16.3. The minimum atomic E-state index is -0.493. The lowest BCUT2D eigenvalue weighted by Gasteiger charge is -2.22. The number of nitrogens with zero attached hydrogens (tertiary/aromatic N) is 1. The number of para-hydroxylation sites is 1. The number of ether oxygens (including phenoxy) is 2. The molecule has 0 saturated carbocycles. The van der Waals surface area contributed by atoms with Crippen LogP contribution in [0.2, 0.25) is 0 Å². The summed E-state index contributed by atoms with van der Waals surface area (Å²) in [5.74, 6) is 1.51. The maximum absolute atomic E-state index is 11.8. The smallest absolute Gasteiger partial charge is 0.407 e. The highest BCUT2D eigenvalue weighted by Gasteiger charge is 2.24. The van der Waals surface area contributed by atoms with E-state index in [0.717, 1.165) is 48.4 Å². The van der Waals surface area contributed by atoms with Gasteiger partial charge < -0.3 is 25.3 Å². The van der Waals surface area contributed by atoms with Crippen LogP contribution in [0.25, 0.3) is 10.9 Å². The number of fused-ring (bicyclic) bond motifs is 1. The Morgan fingerprint density at radius 1 is 1.27 bits per heavy atom. The third-order valence-electron chi connectivity index (χ3n) is 6.22. The zero-order valence-corrected chi connectivity index (χ0v) is 22.3. The molecule has 0 aliphatic heterocycles. The Morgan fingerprint density at radius 3 is 2.81 bits per heavy atom. The molecule has 7 nitrogen and oxygen atoms in total. The van der Waals surface area contributed by atoms with Gasteiger partial charge in [0.1, 0.15) is 16.9 Å². The van der Waals surface area contributed by atoms with Crippen molar-refractivity contribution in [1.29, 1.82) is 5.41 Å². The molecule has 2 atom stereocenters. The van der Waals surface area contributed by atoms with Crippen molar-refractivity contribution in [2.24, 2.45) is 5.92 Å². The Hall–Kier alpha value is -3.61. The zero-order chi connectivity index (χ0) is 26.8. The lowest BCUT2D eigenvalue weighted by Crippen LogP contribution is -2.33. The Morgan fingerprint density at radius 2 is 2.05 bits per heavy atom. The molecule has 1 amide bonds. The second-order valence-electron chi connectivity index (χ2n) is 10.5. The monoisotopic (exact) mass is 506 g/mol. The van der Waals surface area contributed by atoms with E-state index in [1.807, 2.05) is 51.2 Å². The summed E-state index contributed by atoms with van der Waals surface area (Å²) in [5, 5.41) is 19.8. The van der Waals surface area contributed by atoms with Gasteiger partial charge in [0, 0.05) is 30.3 Å². The van der Waals surface area contributed by atoms with Gasteiger partial charge in [0.25, 0.3) is 5.76 Å². The summed E-state index contributed by atoms with van der Waals surface area (Å²) in [6, 6.07) is 10.1. The van der Waals surface area contributed by atoms with E-state index in [1.54, 1.807) is 0 Å². The number of alkyl carbamates (subject to hydrolysis) is 1. The number of benzene rings is 1. The van der Waals surface area contributed by atoms with E-state index in [2.05, 4.69) is 35.4 Å². The van der Waals surface area contributed by atoms with E-state index in [-0.39, 0.29) is 17.8 Å². The molecule has 198 valence electrons. The predicted molar refractivity (Wildman–Crippen MR) is 149 cm³/mol. The quantitative estimate of drug-likeness (QED) is 0.165. The lowest BCUT2D eigenvalue weighted by atomic mass is 9.86. The van der Waals surface area contributed by atoms with Crippen molar-refractivity contribution in [2.75, 3.05) is 13.2 Å². The number of rotatable bonds is 11. The topological polar surface area (TPSA) is 107 Å². The summed E-state index contributed by atoms with van der Waals surface area (Å²) in [6.45, 7) is 8.85. The van der Waals surface area contributed by atoms with Gasteiger partial charge in [-0.3, -0.25) is 4.98 Å². The lowest BCUT2D eigenvalue weighted by molar-refractivity contribution is 0.0525. The SMILES string of the molecule is CC(CCCOC1=CCC(c2ccnc3ccccc23)C=C1/C([OH2+])=C/C=N)CCNC(=O)OC(C)(C)C. The molecule has 2 aromatic rings. The van der Waals surface area contributed by atoms with Gasteiger partial charge in [-0.05, 0) is 76.1 Å². The van der Waals surface area contributed by atoms with Crippen molar-refractivity contribution in [1.82, 2.24) is 10.3 Å². The van der Waals surface area contributed by atoms with Crippen LogP contribution in [0.5, 0.6) is 0 Å². The van der Waals surface area contributed by atoms with E-state index in [9.17, 15) is 4.79 Å². The van der Waals surface area contributed by atoms with Crippen LogP contribution in [0.15, 0.2) is 71.8 Å². The average Bonchev–Trinajstić information content (AvgIpc) is 2.85. The summed E-state index contributed by atoms with van der Waals surface area (Å²) < 4.78 is 11.4. The van der Waals surface area contributed by atoms with Crippen LogP contribution in [0.1, 0.15) is 64.9 Å². The molecule has 1 aliphatic carbocycles. The number of hydrogen-bond acceptors (Lipinski definition) is 5. The minimum Gasteiger partial charge on any atom is -0.593 e. The highest BCUT2D eigenvalue weighted by molar-refractivity contribution is 5.83. The molecule has 1 aliphatic rings. The zero-order valence-electron chi connectivity index (χ0n) is 22.3. The van der Waals surface area contributed by atoms with Gasteiger partial charge >= 0.3 is 6.09 Å². The Bertz CT molecular complexity index is 1170. The van der Waals surface area contributed by atoms with Crippen LogP contribution in [0, 0.1) is 11.3 Å². The van der Waals surface area contributed by atoms with Gasteiger partial charge in [-0.25, -0.2) is 4.79 Å². The fourth-order valence-electron chi connectivity index (χ4n) is 4.38. The maximum atomic E-state index is 11.8. The number of carbonyl (C=O) groups excluding carboxylic acids is 1. The first-order chi connectivity index (χ1) is 17.7. The molecule has 1 aromatic carbocycles. The molecule has 3 rings (SSSR count). The summed E-state index contributed by atoms with van der Waals surface area (Å²) >= 11 is 0. The highest BCUT2D eigenvalue weighted by Crippen LogP contribution is 2.36. The number of nitrogens with one attached hydrogen (secondary N) is 2. The predicted octanol–water partition coefficient (Wildman–Crippen LogP) is 6.14. The van der Waals surface area contributed by atoms with Gasteiger partial charge in [0.05, 0.1) is 18.2 Å².